The Morgan fingerprint density at radius 2 is 1.79 bits per heavy atom. The Bertz CT molecular complexity index is 1310. The highest BCUT2D eigenvalue weighted by Gasteiger charge is 2.33. The summed E-state index contributed by atoms with van der Waals surface area (Å²) in [5, 5.41) is 25.9. The van der Waals surface area contributed by atoms with Gasteiger partial charge >= 0.3 is 11.9 Å². The van der Waals surface area contributed by atoms with E-state index in [9.17, 15) is 38.2 Å². The van der Waals surface area contributed by atoms with E-state index in [4.69, 9.17) is 16.3 Å². The van der Waals surface area contributed by atoms with E-state index in [0.717, 1.165) is 22.9 Å². The Kier molecular flexibility index (Phi) is 6.09. The highest BCUT2D eigenvalue weighted by molar-refractivity contribution is 6.35. The van der Waals surface area contributed by atoms with E-state index in [1.807, 2.05) is 0 Å². The summed E-state index contributed by atoms with van der Waals surface area (Å²) in [6, 6.07) is 4.83. The molecular weight excluding hydrogens is 473 g/mol. The maximum absolute atomic E-state index is 13.1. The van der Waals surface area contributed by atoms with Gasteiger partial charge in [0.05, 0.1) is 32.2 Å². The van der Waals surface area contributed by atoms with E-state index in [0.29, 0.717) is 18.2 Å². The van der Waals surface area contributed by atoms with Gasteiger partial charge in [-0.2, -0.15) is 18.3 Å². The second-order valence-electron chi connectivity index (χ2n) is 6.68. The number of nitro groups is 2. The molecule has 172 valence electrons. The van der Waals surface area contributed by atoms with Gasteiger partial charge in [0.2, 0.25) is 17.4 Å². The van der Waals surface area contributed by atoms with Crippen LogP contribution in [0.1, 0.15) is 27.2 Å². The number of carbonyl (C=O) groups is 1. The van der Waals surface area contributed by atoms with Crippen molar-refractivity contribution in [2.45, 2.75) is 13.1 Å². The number of nitrogens with zero attached hydrogens (tertiary/aromatic N) is 4. The molecule has 0 unspecified atom stereocenters. The van der Waals surface area contributed by atoms with Gasteiger partial charge in [-0.15, -0.1) is 0 Å². The van der Waals surface area contributed by atoms with Crippen LogP contribution in [0.3, 0.4) is 0 Å². The summed E-state index contributed by atoms with van der Waals surface area (Å²) in [5.74, 6) is -1.52. The van der Waals surface area contributed by atoms with Crippen LogP contribution in [0.4, 0.5) is 24.5 Å². The molecule has 1 aromatic heterocycles. The Labute approximate surface area is 187 Å². The normalized spacial score (nSPS) is 11.3. The molecule has 10 nitrogen and oxygen atoms in total. The fourth-order valence-electron chi connectivity index (χ4n) is 2.98. The van der Waals surface area contributed by atoms with Crippen molar-refractivity contribution < 1.29 is 32.5 Å². The van der Waals surface area contributed by atoms with Crippen molar-refractivity contribution in [2.24, 2.45) is 7.05 Å². The van der Waals surface area contributed by atoms with E-state index >= 15 is 0 Å². The number of non-ortho nitro benzene ring substituents is 1. The average molecular weight is 485 g/mol. The van der Waals surface area contributed by atoms with Gasteiger partial charge in [-0.05, 0) is 31.2 Å². The first-order chi connectivity index (χ1) is 15.3. The predicted molar refractivity (Wildman–Crippen MR) is 108 cm³/mol. The standard InChI is InChI=1S/C19H12ClF3N4O6/c1-9-16(17(28)12-5-3-10(7-13(12)20)19(21,22)23)18(25(2)24-9)33-15-6-4-11(26(29)30)8-14(15)27(31)32/h3-8H,1-2H3. The maximum Gasteiger partial charge on any atom is 0.416 e. The number of aromatic nitrogens is 2. The summed E-state index contributed by atoms with van der Waals surface area (Å²) >= 11 is 5.92. The molecule has 0 bridgehead atoms. The highest BCUT2D eigenvalue weighted by Crippen LogP contribution is 2.38. The lowest BCUT2D eigenvalue weighted by molar-refractivity contribution is -0.394. The van der Waals surface area contributed by atoms with Crippen molar-refractivity contribution in [3.8, 4) is 11.6 Å². The number of aryl methyl sites for hydroxylation is 2. The summed E-state index contributed by atoms with van der Waals surface area (Å²) in [6.07, 6.45) is -4.67. The van der Waals surface area contributed by atoms with Gasteiger partial charge in [0.1, 0.15) is 5.56 Å². The minimum atomic E-state index is -4.67. The largest absolute Gasteiger partial charge is 0.431 e. The quantitative estimate of drug-likeness (QED) is 0.265. The molecule has 0 aliphatic rings. The molecular formula is C19H12ClF3N4O6. The molecule has 2 aromatic carbocycles. The van der Waals surface area contributed by atoms with Gasteiger partial charge in [-0.25, -0.2) is 4.68 Å². The molecule has 3 rings (SSSR count). The smallest absolute Gasteiger partial charge is 0.416 e. The molecule has 0 saturated heterocycles. The fraction of sp³-hybridized carbons (Fsp3) is 0.158. The Balaban J connectivity index is 2.08. The van der Waals surface area contributed by atoms with Crippen LogP contribution in [0.2, 0.25) is 5.02 Å². The van der Waals surface area contributed by atoms with E-state index < -0.39 is 49.5 Å². The van der Waals surface area contributed by atoms with Gasteiger partial charge in [0.25, 0.3) is 5.69 Å². The first-order valence-corrected chi connectivity index (χ1v) is 9.24. The summed E-state index contributed by atoms with van der Waals surface area (Å²) in [4.78, 5) is 33.7. The van der Waals surface area contributed by atoms with Crippen LogP contribution in [-0.2, 0) is 13.2 Å². The molecule has 0 radical (unpaired) electrons. The van der Waals surface area contributed by atoms with Crippen LogP contribution >= 0.6 is 11.6 Å². The van der Waals surface area contributed by atoms with E-state index in [1.54, 1.807) is 0 Å². The topological polar surface area (TPSA) is 130 Å². The number of hydrogen-bond donors (Lipinski definition) is 0. The van der Waals surface area contributed by atoms with Crippen molar-refractivity contribution in [3.63, 3.8) is 0 Å². The Morgan fingerprint density at radius 3 is 2.33 bits per heavy atom. The van der Waals surface area contributed by atoms with Crippen molar-refractivity contribution >= 4 is 28.8 Å². The molecule has 0 fully saturated rings. The minimum Gasteiger partial charge on any atom is -0.431 e. The maximum atomic E-state index is 13.1. The molecule has 0 saturated carbocycles. The first kappa shape index (κ1) is 23.7. The number of carbonyl (C=O) groups excluding carboxylic acids is 1. The van der Waals surface area contributed by atoms with Crippen LogP contribution in [0.15, 0.2) is 36.4 Å². The molecule has 1 heterocycles. The minimum absolute atomic E-state index is 0.109. The molecule has 0 atom stereocenters. The second-order valence-corrected chi connectivity index (χ2v) is 7.09. The second kappa shape index (κ2) is 8.50. The zero-order chi connectivity index (χ0) is 24.7. The highest BCUT2D eigenvalue weighted by atomic mass is 35.5. The monoisotopic (exact) mass is 484 g/mol. The number of alkyl halides is 3. The van der Waals surface area contributed by atoms with Crippen molar-refractivity contribution in [3.05, 3.63) is 84.0 Å². The number of benzene rings is 2. The number of hydrogen-bond acceptors (Lipinski definition) is 7. The fourth-order valence-corrected chi connectivity index (χ4v) is 3.24. The number of rotatable bonds is 6. The number of nitro benzene ring substituents is 2. The zero-order valence-corrected chi connectivity index (χ0v) is 17.5. The summed E-state index contributed by atoms with van der Waals surface area (Å²) in [7, 11) is 1.37. The van der Waals surface area contributed by atoms with Crippen molar-refractivity contribution in [1.82, 2.24) is 9.78 Å². The van der Waals surface area contributed by atoms with Crippen LogP contribution < -0.4 is 4.74 Å². The lowest BCUT2D eigenvalue weighted by atomic mass is 10.0. The Hall–Kier alpha value is -4.00. The van der Waals surface area contributed by atoms with Crippen LogP contribution in [-0.4, -0.2) is 25.4 Å². The van der Waals surface area contributed by atoms with Gasteiger partial charge in [-0.3, -0.25) is 25.0 Å². The van der Waals surface area contributed by atoms with E-state index in [-0.39, 0.29) is 22.7 Å². The number of ether oxygens (including phenoxy) is 1. The van der Waals surface area contributed by atoms with Crippen LogP contribution in [0, 0.1) is 27.2 Å². The van der Waals surface area contributed by atoms with E-state index in [2.05, 4.69) is 5.10 Å². The van der Waals surface area contributed by atoms with Gasteiger partial charge in [-0.1, -0.05) is 11.6 Å². The van der Waals surface area contributed by atoms with E-state index in [1.165, 1.54) is 14.0 Å². The van der Waals surface area contributed by atoms with Gasteiger partial charge in [0.15, 0.2) is 0 Å². The molecule has 3 aromatic rings. The molecule has 0 N–H and O–H groups in total. The summed E-state index contributed by atoms with van der Waals surface area (Å²) < 4.78 is 45.3. The Morgan fingerprint density at radius 1 is 1.12 bits per heavy atom. The third-order valence-electron chi connectivity index (χ3n) is 4.49. The predicted octanol–water partition coefficient (Wildman–Crippen LogP) is 5.24. The van der Waals surface area contributed by atoms with Crippen LogP contribution in [0.25, 0.3) is 0 Å². The van der Waals surface area contributed by atoms with Crippen LogP contribution in [0.5, 0.6) is 11.6 Å². The number of ketones is 1. The molecule has 14 heteroatoms. The molecule has 0 amide bonds. The van der Waals surface area contributed by atoms with Gasteiger partial charge < -0.3 is 4.74 Å². The zero-order valence-electron chi connectivity index (χ0n) is 16.7. The lowest BCUT2D eigenvalue weighted by Gasteiger charge is -2.11. The summed E-state index contributed by atoms with van der Waals surface area (Å²) in [5.41, 5.74) is -2.71. The number of halogens is 4. The van der Waals surface area contributed by atoms with Gasteiger partial charge in [0, 0.05) is 18.7 Å². The molecule has 0 aliphatic heterocycles. The first-order valence-electron chi connectivity index (χ1n) is 8.87. The molecule has 33 heavy (non-hydrogen) atoms. The molecule has 0 spiro atoms. The van der Waals surface area contributed by atoms with Crippen molar-refractivity contribution in [2.75, 3.05) is 0 Å². The third-order valence-corrected chi connectivity index (χ3v) is 4.81. The summed E-state index contributed by atoms with van der Waals surface area (Å²) in [6.45, 7) is 1.42. The molecule has 0 aliphatic carbocycles. The average Bonchev–Trinajstić information content (AvgIpc) is 2.99. The SMILES string of the molecule is Cc1nn(C)c(Oc2ccc([N+](=O)[O-])cc2[N+](=O)[O-])c1C(=O)c1ccc(C(F)(F)F)cc1Cl. The third kappa shape index (κ3) is 4.62. The lowest BCUT2D eigenvalue weighted by Crippen LogP contribution is -2.09. The van der Waals surface area contributed by atoms with Crippen molar-refractivity contribution in [1.29, 1.82) is 0 Å².